The van der Waals surface area contributed by atoms with Gasteiger partial charge in [-0.05, 0) is 116 Å². The largest absolute Gasteiger partial charge is 0.393 e. The molecule has 5 aliphatic rings. The van der Waals surface area contributed by atoms with E-state index in [1.54, 1.807) is 0 Å². The lowest BCUT2D eigenvalue weighted by atomic mass is 9.38. The van der Waals surface area contributed by atoms with Crippen molar-refractivity contribution in [1.82, 2.24) is 0 Å². The van der Waals surface area contributed by atoms with Gasteiger partial charge in [-0.15, -0.1) is 0 Å². The van der Waals surface area contributed by atoms with Crippen LogP contribution in [-0.4, -0.2) is 11.2 Å². The SMILES string of the molecule is CC1C2CC[C@@]3(C)C4CC[C@@]5(C)CCCC5[C@H]4CCC3[C@@]2(C)CC[C@@H]1O. The fourth-order valence-corrected chi connectivity index (χ4v) is 10.2. The van der Waals surface area contributed by atoms with Crippen molar-refractivity contribution in [2.45, 2.75) is 104 Å². The van der Waals surface area contributed by atoms with E-state index in [0.717, 1.165) is 36.0 Å². The van der Waals surface area contributed by atoms with Gasteiger partial charge in [0, 0.05) is 0 Å². The highest BCUT2D eigenvalue weighted by atomic mass is 16.3. The molecule has 5 aliphatic carbocycles. The molecule has 26 heavy (non-hydrogen) atoms. The van der Waals surface area contributed by atoms with E-state index in [1.165, 1.54) is 64.2 Å². The fraction of sp³-hybridized carbons (Fsp3) is 1.00. The number of hydrogen-bond donors (Lipinski definition) is 1. The maximum absolute atomic E-state index is 10.5. The summed E-state index contributed by atoms with van der Waals surface area (Å²) in [4.78, 5) is 0. The fourth-order valence-electron chi connectivity index (χ4n) is 10.2. The standard InChI is InChI=1S/C25H42O/c1-16-18-10-14-25(4)20-9-13-23(2)12-5-6-19(23)17(20)7-8-22(25)24(18,3)15-11-21(16)26/h16-22,26H,5-15H2,1-4H3/t16?,17-,18?,19?,20?,21+,22?,23-,24+,25+/m1/s1. The molecule has 5 fully saturated rings. The van der Waals surface area contributed by atoms with Crippen molar-refractivity contribution in [3.8, 4) is 0 Å². The van der Waals surface area contributed by atoms with Crippen LogP contribution in [0, 0.1) is 51.8 Å². The third-order valence-corrected chi connectivity index (χ3v) is 11.5. The van der Waals surface area contributed by atoms with Crippen LogP contribution in [0.1, 0.15) is 98.3 Å². The average molecular weight is 359 g/mol. The molecule has 0 aliphatic heterocycles. The van der Waals surface area contributed by atoms with E-state index in [9.17, 15) is 5.11 Å². The van der Waals surface area contributed by atoms with E-state index in [1.807, 2.05) is 0 Å². The van der Waals surface area contributed by atoms with Crippen LogP contribution in [0.25, 0.3) is 0 Å². The van der Waals surface area contributed by atoms with E-state index in [4.69, 9.17) is 0 Å². The predicted octanol–water partition coefficient (Wildman–Crippen LogP) is 6.44. The minimum absolute atomic E-state index is 0.0392. The van der Waals surface area contributed by atoms with Gasteiger partial charge in [0.15, 0.2) is 0 Å². The first kappa shape index (κ1) is 18.0. The van der Waals surface area contributed by atoms with Gasteiger partial charge in [0.25, 0.3) is 0 Å². The maximum atomic E-state index is 10.5. The molecular formula is C25H42O. The van der Waals surface area contributed by atoms with Crippen LogP contribution in [0.15, 0.2) is 0 Å². The van der Waals surface area contributed by atoms with E-state index in [-0.39, 0.29) is 6.10 Å². The van der Waals surface area contributed by atoms with Crippen molar-refractivity contribution in [3.63, 3.8) is 0 Å². The number of aliphatic hydroxyl groups excluding tert-OH is 1. The second kappa shape index (κ2) is 5.74. The first-order valence-electron chi connectivity index (χ1n) is 12.0. The molecule has 1 N–H and O–H groups in total. The molecule has 0 amide bonds. The lowest BCUT2D eigenvalue weighted by molar-refractivity contribution is -0.193. The molecule has 0 aromatic rings. The van der Waals surface area contributed by atoms with Gasteiger partial charge >= 0.3 is 0 Å². The van der Waals surface area contributed by atoms with Gasteiger partial charge in [-0.25, -0.2) is 0 Å². The van der Waals surface area contributed by atoms with Crippen molar-refractivity contribution in [2.75, 3.05) is 0 Å². The first-order chi connectivity index (χ1) is 12.3. The summed E-state index contributed by atoms with van der Waals surface area (Å²) in [5.74, 6) is 5.26. The quantitative estimate of drug-likeness (QED) is 0.528. The molecule has 5 saturated carbocycles. The zero-order valence-corrected chi connectivity index (χ0v) is 17.8. The molecule has 5 unspecified atom stereocenters. The van der Waals surface area contributed by atoms with E-state index in [2.05, 4.69) is 27.7 Å². The van der Waals surface area contributed by atoms with Crippen LogP contribution in [0.5, 0.6) is 0 Å². The molecule has 10 atom stereocenters. The molecular weight excluding hydrogens is 316 g/mol. The van der Waals surface area contributed by atoms with E-state index in [0.29, 0.717) is 22.2 Å². The average Bonchev–Trinajstić information content (AvgIpc) is 3.00. The lowest BCUT2D eigenvalue weighted by Gasteiger charge is -2.67. The molecule has 0 aromatic carbocycles. The Morgan fingerprint density at radius 3 is 2.19 bits per heavy atom. The Bertz CT molecular complexity index is 571. The van der Waals surface area contributed by atoms with E-state index >= 15 is 0 Å². The Kier molecular flexibility index (Phi) is 3.98. The minimum Gasteiger partial charge on any atom is -0.393 e. The second-order valence-corrected chi connectivity index (χ2v) is 12.2. The summed E-state index contributed by atoms with van der Waals surface area (Å²) in [5.41, 5.74) is 1.77. The molecule has 5 rings (SSSR count). The summed E-state index contributed by atoms with van der Waals surface area (Å²) in [5, 5.41) is 10.5. The predicted molar refractivity (Wildman–Crippen MR) is 108 cm³/mol. The molecule has 1 nitrogen and oxygen atoms in total. The number of fused-ring (bicyclic) bond motifs is 7. The van der Waals surface area contributed by atoms with Gasteiger partial charge in [-0.2, -0.15) is 0 Å². The summed E-state index contributed by atoms with van der Waals surface area (Å²) in [7, 11) is 0. The lowest BCUT2D eigenvalue weighted by Crippen LogP contribution is -2.61. The normalized spacial score (nSPS) is 62.0. The zero-order valence-electron chi connectivity index (χ0n) is 17.8. The van der Waals surface area contributed by atoms with E-state index < -0.39 is 0 Å². The summed E-state index contributed by atoms with van der Waals surface area (Å²) < 4.78 is 0. The summed E-state index contributed by atoms with van der Waals surface area (Å²) in [6, 6.07) is 0. The number of hydrogen-bond acceptors (Lipinski definition) is 1. The summed E-state index contributed by atoms with van der Waals surface area (Å²) in [6.07, 6.45) is 15.7. The van der Waals surface area contributed by atoms with Crippen LogP contribution >= 0.6 is 0 Å². The molecule has 1 heteroatoms. The van der Waals surface area contributed by atoms with Crippen LogP contribution in [0.2, 0.25) is 0 Å². The Morgan fingerprint density at radius 2 is 1.38 bits per heavy atom. The van der Waals surface area contributed by atoms with Gasteiger partial charge in [-0.3, -0.25) is 0 Å². The third-order valence-electron chi connectivity index (χ3n) is 11.5. The molecule has 0 spiro atoms. The van der Waals surface area contributed by atoms with Crippen molar-refractivity contribution in [2.24, 2.45) is 51.8 Å². The monoisotopic (exact) mass is 358 g/mol. The second-order valence-electron chi connectivity index (χ2n) is 12.2. The third kappa shape index (κ3) is 2.19. The first-order valence-corrected chi connectivity index (χ1v) is 12.0. The highest BCUT2D eigenvalue weighted by Gasteiger charge is 2.63. The van der Waals surface area contributed by atoms with Crippen LogP contribution in [-0.2, 0) is 0 Å². The van der Waals surface area contributed by atoms with Crippen LogP contribution in [0.4, 0.5) is 0 Å². The summed E-state index contributed by atoms with van der Waals surface area (Å²) >= 11 is 0. The Hall–Kier alpha value is -0.0400. The molecule has 148 valence electrons. The maximum Gasteiger partial charge on any atom is 0.0568 e. The Labute approximate surface area is 161 Å². The van der Waals surface area contributed by atoms with Gasteiger partial charge in [0.05, 0.1) is 6.10 Å². The van der Waals surface area contributed by atoms with Crippen molar-refractivity contribution in [1.29, 1.82) is 0 Å². The number of rotatable bonds is 0. The summed E-state index contributed by atoms with van der Waals surface area (Å²) in [6.45, 7) is 10.4. The molecule has 0 heterocycles. The molecule has 0 bridgehead atoms. The van der Waals surface area contributed by atoms with Crippen LogP contribution in [0.3, 0.4) is 0 Å². The van der Waals surface area contributed by atoms with Crippen molar-refractivity contribution >= 4 is 0 Å². The van der Waals surface area contributed by atoms with Gasteiger partial charge < -0.3 is 5.11 Å². The van der Waals surface area contributed by atoms with Gasteiger partial charge in [0.1, 0.15) is 0 Å². The molecule has 0 aromatic heterocycles. The molecule has 0 saturated heterocycles. The highest BCUT2D eigenvalue weighted by Crippen LogP contribution is 2.71. The Morgan fingerprint density at radius 1 is 0.692 bits per heavy atom. The van der Waals surface area contributed by atoms with Crippen molar-refractivity contribution < 1.29 is 5.11 Å². The van der Waals surface area contributed by atoms with Crippen LogP contribution < -0.4 is 0 Å². The van der Waals surface area contributed by atoms with Crippen molar-refractivity contribution in [3.05, 3.63) is 0 Å². The topological polar surface area (TPSA) is 20.2 Å². The van der Waals surface area contributed by atoms with Gasteiger partial charge in [0.2, 0.25) is 0 Å². The highest BCUT2D eigenvalue weighted by molar-refractivity contribution is 5.13. The minimum atomic E-state index is -0.0392. The smallest absolute Gasteiger partial charge is 0.0568 e. The van der Waals surface area contributed by atoms with Gasteiger partial charge in [-0.1, -0.05) is 34.1 Å². The number of aliphatic hydroxyl groups is 1. The molecule has 0 radical (unpaired) electrons. The zero-order chi connectivity index (χ0) is 18.3. The Balaban J connectivity index is 1.47.